The molecule has 0 aliphatic carbocycles. The van der Waals surface area contributed by atoms with E-state index in [1.165, 1.54) is 70.6 Å². The summed E-state index contributed by atoms with van der Waals surface area (Å²) in [7, 11) is 1.61. The minimum atomic E-state index is -0.165. The van der Waals surface area contributed by atoms with Crippen LogP contribution in [0.3, 0.4) is 0 Å². The van der Waals surface area contributed by atoms with E-state index in [0.29, 0.717) is 6.61 Å². The second-order valence-corrected chi connectivity index (χ2v) is 6.00. The standard InChI is InChI=1S/C18H38O3/c1-3-4-5-6-7-8-9-10-11-12-13-14-15-21-17-18(16-19)20-2/h18-19H,3-17H2,1-2H3/t18-/m1/s1. The highest BCUT2D eigenvalue weighted by molar-refractivity contribution is 4.52. The SMILES string of the molecule is CCCCCCCCCCCCCCOC[C@@H](CO)OC. The molecule has 1 atom stereocenters. The fourth-order valence-electron chi connectivity index (χ4n) is 2.46. The first kappa shape index (κ1) is 20.9. The van der Waals surface area contributed by atoms with Crippen LogP contribution in [-0.4, -0.2) is 38.1 Å². The third-order valence-electron chi connectivity index (χ3n) is 3.98. The van der Waals surface area contributed by atoms with Gasteiger partial charge >= 0.3 is 0 Å². The number of hydrogen-bond donors (Lipinski definition) is 1. The van der Waals surface area contributed by atoms with Crippen molar-refractivity contribution in [1.29, 1.82) is 0 Å². The molecule has 21 heavy (non-hydrogen) atoms. The Balaban J connectivity index is 3.02. The Hall–Kier alpha value is -0.120. The van der Waals surface area contributed by atoms with Gasteiger partial charge in [0.2, 0.25) is 0 Å². The zero-order valence-corrected chi connectivity index (χ0v) is 14.4. The van der Waals surface area contributed by atoms with Gasteiger partial charge in [-0.25, -0.2) is 0 Å². The Kier molecular flexibility index (Phi) is 17.8. The van der Waals surface area contributed by atoms with Gasteiger partial charge in [0.05, 0.1) is 13.2 Å². The minimum Gasteiger partial charge on any atom is -0.394 e. The molecule has 0 aromatic carbocycles. The molecular weight excluding hydrogens is 264 g/mol. The summed E-state index contributed by atoms with van der Waals surface area (Å²) < 4.78 is 10.5. The average molecular weight is 302 g/mol. The summed E-state index contributed by atoms with van der Waals surface area (Å²) >= 11 is 0. The normalized spacial score (nSPS) is 12.7. The van der Waals surface area contributed by atoms with Crippen LogP contribution in [0.5, 0.6) is 0 Å². The first-order valence-electron chi connectivity index (χ1n) is 9.06. The highest BCUT2D eigenvalue weighted by Gasteiger charge is 2.04. The Bertz CT molecular complexity index is 181. The molecule has 0 amide bonds. The molecular formula is C18H38O3. The molecule has 0 heterocycles. The summed E-state index contributed by atoms with van der Waals surface area (Å²) in [6.07, 6.45) is 16.2. The van der Waals surface area contributed by atoms with Crippen molar-refractivity contribution in [2.24, 2.45) is 0 Å². The summed E-state index contributed by atoms with van der Waals surface area (Å²) in [5.41, 5.74) is 0. The van der Waals surface area contributed by atoms with Gasteiger partial charge < -0.3 is 14.6 Å². The third-order valence-corrected chi connectivity index (χ3v) is 3.98. The molecule has 3 heteroatoms. The Morgan fingerprint density at radius 3 is 1.67 bits per heavy atom. The van der Waals surface area contributed by atoms with Crippen LogP contribution >= 0.6 is 0 Å². The van der Waals surface area contributed by atoms with Gasteiger partial charge in [-0.05, 0) is 6.42 Å². The van der Waals surface area contributed by atoms with E-state index < -0.39 is 0 Å². The predicted molar refractivity (Wildman–Crippen MR) is 89.8 cm³/mol. The number of aliphatic hydroxyl groups is 1. The summed E-state index contributed by atoms with van der Waals surface area (Å²) in [5.74, 6) is 0. The van der Waals surface area contributed by atoms with E-state index in [1.807, 2.05) is 0 Å². The molecule has 0 spiro atoms. The maximum absolute atomic E-state index is 8.92. The molecule has 0 aromatic heterocycles. The molecule has 0 aliphatic rings. The van der Waals surface area contributed by atoms with E-state index in [9.17, 15) is 0 Å². The van der Waals surface area contributed by atoms with Gasteiger partial charge in [-0.1, -0.05) is 77.6 Å². The largest absolute Gasteiger partial charge is 0.394 e. The van der Waals surface area contributed by atoms with Crippen molar-refractivity contribution in [3.05, 3.63) is 0 Å². The molecule has 1 N–H and O–H groups in total. The lowest BCUT2D eigenvalue weighted by atomic mass is 10.1. The number of aliphatic hydroxyl groups excluding tert-OH is 1. The second kappa shape index (κ2) is 17.9. The summed E-state index contributed by atoms with van der Waals surface area (Å²) in [4.78, 5) is 0. The zero-order valence-electron chi connectivity index (χ0n) is 14.4. The maximum Gasteiger partial charge on any atom is 0.103 e. The molecule has 0 radical (unpaired) electrons. The number of ether oxygens (including phenoxy) is 2. The average Bonchev–Trinajstić information content (AvgIpc) is 2.51. The summed E-state index contributed by atoms with van der Waals surface area (Å²) in [6, 6.07) is 0. The summed E-state index contributed by atoms with van der Waals surface area (Å²) in [6.45, 7) is 3.60. The lowest BCUT2D eigenvalue weighted by Gasteiger charge is -2.12. The van der Waals surface area contributed by atoms with Crippen LogP contribution in [-0.2, 0) is 9.47 Å². The topological polar surface area (TPSA) is 38.7 Å². The van der Waals surface area contributed by atoms with Crippen LogP contribution in [0.25, 0.3) is 0 Å². The molecule has 0 fully saturated rings. The van der Waals surface area contributed by atoms with Gasteiger partial charge in [0.1, 0.15) is 6.10 Å². The van der Waals surface area contributed by atoms with Crippen molar-refractivity contribution in [2.45, 2.75) is 90.1 Å². The highest BCUT2D eigenvalue weighted by Crippen LogP contribution is 2.11. The Morgan fingerprint density at radius 2 is 1.24 bits per heavy atom. The van der Waals surface area contributed by atoms with Gasteiger partial charge in [0, 0.05) is 13.7 Å². The van der Waals surface area contributed by atoms with Crippen LogP contribution in [0.2, 0.25) is 0 Å². The fraction of sp³-hybridized carbons (Fsp3) is 1.00. The fourth-order valence-corrected chi connectivity index (χ4v) is 2.46. The molecule has 0 unspecified atom stereocenters. The molecule has 0 rings (SSSR count). The van der Waals surface area contributed by atoms with Gasteiger partial charge in [-0.15, -0.1) is 0 Å². The third kappa shape index (κ3) is 16.1. The van der Waals surface area contributed by atoms with Crippen molar-refractivity contribution in [1.82, 2.24) is 0 Å². The van der Waals surface area contributed by atoms with Crippen LogP contribution in [0.4, 0.5) is 0 Å². The van der Waals surface area contributed by atoms with Crippen LogP contribution in [0, 0.1) is 0 Å². The van der Waals surface area contributed by atoms with Crippen molar-refractivity contribution < 1.29 is 14.6 Å². The molecule has 3 nitrogen and oxygen atoms in total. The van der Waals surface area contributed by atoms with Crippen LogP contribution < -0.4 is 0 Å². The van der Waals surface area contributed by atoms with Crippen molar-refractivity contribution in [3.63, 3.8) is 0 Å². The van der Waals surface area contributed by atoms with E-state index in [1.54, 1.807) is 7.11 Å². The quantitative estimate of drug-likeness (QED) is 0.395. The smallest absolute Gasteiger partial charge is 0.103 e. The van der Waals surface area contributed by atoms with E-state index in [0.717, 1.165) is 13.0 Å². The number of rotatable bonds is 17. The number of hydrogen-bond acceptors (Lipinski definition) is 3. The van der Waals surface area contributed by atoms with Gasteiger partial charge in [-0.3, -0.25) is 0 Å². The maximum atomic E-state index is 8.92. The predicted octanol–water partition coefficient (Wildman–Crippen LogP) is 4.71. The van der Waals surface area contributed by atoms with E-state index in [2.05, 4.69) is 6.92 Å². The number of methoxy groups -OCH3 is 1. The number of unbranched alkanes of at least 4 members (excludes halogenated alkanes) is 11. The molecule has 0 saturated carbocycles. The molecule has 128 valence electrons. The van der Waals surface area contributed by atoms with Gasteiger partial charge in [0.25, 0.3) is 0 Å². The van der Waals surface area contributed by atoms with Gasteiger partial charge in [0.15, 0.2) is 0 Å². The first-order chi connectivity index (χ1) is 10.3. The van der Waals surface area contributed by atoms with Gasteiger partial charge in [-0.2, -0.15) is 0 Å². The Labute approximate surface area is 132 Å². The lowest BCUT2D eigenvalue weighted by Crippen LogP contribution is -2.22. The van der Waals surface area contributed by atoms with Crippen molar-refractivity contribution >= 4 is 0 Å². The van der Waals surface area contributed by atoms with E-state index >= 15 is 0 Å². The lowest BCUT2D eigenvalue weighted by molar-refractivity contribution is -0.0205. The molecule has 0 aromatic rings. The van der Waals surface area contributed by atoms with Crippen LogP contribution in [0.15, 0.2) is 0 Å². The monoisotopic (exact) mass is 302 g/mol. The molecule has 0 saturated heterocycles. The van der Waals surface area contributed by atoms with Crippen LogP contribution in [0.1, 0.15) is 84.0 Å². The van der Waals surface area contributed by atoms with E-state index in [4.69, 9.17) is 14.6 Å². The van der Waals surface area contributed by atoms with Crippen molar-refractivity contribution in [2.75, 3.05) is 26.9 Å². The zero-order chi connectivity index (χ0) is 15.6. The highest BCUT2D eigenvalue weighted by atomic mass is 16.5. The van der Waals surface area contributed by atoms with Crippen molar-refractivity contribution in [3.8, 4) is 0 Å². The first-order valence-corrected chi connectivity index (χ1v) is 9.06. The molecule has 0 bridgehead atoms. The molecule has 0 aliphatic heterocycles. The Morgan fingerprint density at radius 1 is 0.762 bits per heavy atom. The summed E-state index contributed by atoms with van der Waals surface area (Å²) in [5, 5.41) is 8.92. The minimum absolute atomic E-state index is 0.0367. The second-order valence-electron chi connectivity index (χ2n) is 6.00. The van der Waals surface area contributed by atoms with E-state index in [-0.39, 0.29) is 12.7 Å².